The van der Waals surface area contributed by atoms with E-state index in [0.717, 1.165) is 0 Å². The monoisotopic (exact) mass is 293 g/mol. The molecule has 2 amide bonds. The van der Waals surface area contributed by atoms with E-state index in [1.807, 2.05) is 14.0 Å². The molecule has 21 heavy (non-hydrogen) atoms. The summed E-state index contributed by atoms with van der Waals surface area (Å²) in [7, 11) is 1.82. The fourth-order valence-corrected chi connectivity index (χ4v) is 2.29. The van der Waals surface area contributed by atoms with E-state index in [2.05, 4.69) is 10.6 Å². The van der Waals surface area contributed by atoms with Crippen molar-refractivity contribution in [1.82, 2.24) is 10.6 Å². The molecule has 114 valence electrons. The number of hydrogen-bond acceptors (Lipinski definition) is 3. The van der Waals surface area contributed by atoms with E-state index in [4.69, 9.17) is 0 Å². The predicted molar refractivity (Wildman–Crippen MR) is 78.4 cm³/mol. The summed E-state index contributed by atoms with van der Waals surface area (Å²) in [6, 6.07) is 6.27. The van der Waals surface area contributed by atoms with Crippen molar-refractivity contribution in [2.24, 2.45) is 5.92 Å². The molecule has 1 aromatic rings. The average Bonchev–Trinajstić information content (AvgIpc) is 2.86. The molecule has 0 aromatic heterocycles. The predicted octanol–water partition coefficient (Wildman–Crippen LogP) is 0.903. The molecule has 0 radical (unpaired) electrons. The third kappa shape index (κ3) is 3.58. The first kappa shape index (κ1) is 15.4. The fourth-order valence-electron chi connectivity index (χ4n) is 2.29. The van der Waals surface area contributed by atoms with Crippen LogP contribution in [0.25, 0.3) is 0 Å². The highest BCUT2D eigenvalue weighted by molar-refractivity contribution is 6.00. The third-order valence-electron chi connectivity index (χ3n) is 3.71. The SMILES string of the molecule is CNC(C)CNC(=O)C1CC(=O)N(c2ccccc2F)C1. The molecular weight excluding hydrogens is 273 g/mol. The molecule has 5 nitrogen and oxygen atoms in total. The minimum Gasteiger partial charge on any atom is -0.354 e. The molecule has 1 aromatic carbocycles. The molecule has 2 unspecified atom stereocenters. The molecule has 0 spiro atoms. The minimum absolute atomic E-state index is 0.119. The summed E-state index contributed by atoms with van der Waals surface area (Å²) in [5, 5.41) is 5.83. The van der Waals surface area contributed by atoms with Crippen LogP contribution in [0.1, 0.15) is 13.3 Å². The molecule has 1 fully saturated rings. The number of carbonyl (C=O) groups excluding carboxylic acids is 2. The fraction of sp³-hybridized carbons (Fsp3) is 0.467. The summed E-state index contributed by atoms with van der Waals surface area (Å²) in [6.07, 6.45) is 0.119. The largest absolute Gasteiger partial charge is 0.354 e. The zero-order valence-corrected chi connectivity index (χ0v) is 12.2. The van der Waals surface area contributed by atoms with Gasteiger partial charge in [0.2, 0.25) is 11.8 Å². The van der Waals surface area contributed by atoms with Crippen LogP contribution in [0, 0.1) is 11.7 Å². The number of halogens is 1. The number of anilines is 1. The van der Waals surface area contributed by atoms with Gasteiger partial charge >= 0.3 is 0 Å². The number of carbonyl (C=O) groups is 2. The van der Waals surface area contributed by atoms with Gasteiger partial charge in [0.25, 0.3) is 0 Å². The lowest BCUT2D eigenvalue weighted by Crippen LogP contribution is -2.40. The van der Waals surface area contributed by atoms with Gasteiger partial charge in [0.05, 0.1) is 11.6 Å². The maximum absolute atomic E-state index is 13.7. The van der Waals surface area contributed by atoms with Gasteiger partial charge in [-0.05, 0) is 26.1 Å². The Morgan fingerprint density at radius 1 is 1.48 bits per heavy atom. The van der Waals surface area contributed by atoms with Crippen molar-refractivity contribution in [1.29, 1.82) is 0 Å². The molecule has 6 heteroatoms. The molecule has 2 atom stereocenters. The molecule has 1 aliphatic heterocycles. The number of benzene rings is 1. The Morgan fingerprint density at radius 3 is 2.86 bits per heavy atom. The molecule has 0 aliphatic carbocycles. The summed E-state index contributed by atoms with van der Waals surface area (Å²) in [5.74, 6) is -1.26. The Kier molecular flexibility index (Phi) is 4.90. The first-order valence-electron chi connectivity index (χ1n) is 7.02. The molecule has 1 aliphatic rings. The molecular formula is C15H20FN3O2. The minimum atomic E-state index is -0.448. The van der Waals surface area contributed by atoms with E-state index in [1.165, 1.54) is 11.0 Å². The van der Waals surface area contributed by atoms with Gasteiger partial charge in [0.15, 0.2) is 0 Å². The van der Waals surface area contributed by atoms with Crippen molar-refractivity contribution in [3.05, 3.63) is 30.1 Å². The van der Waals surface area contributed by atoms with Crippen molar-refractivity contribution in [2.45, 2.75) is 19.4 Å². The molecule has 0 bridgehead atoms. The quantitative estimate of drug-likeness (QED) is 0.848. The zero-order valence-electron chi connectivity index (χ0n) is 12.2. The zero-order chi connectivity index (χ0) is 15.4. The topological polar surface area (TPSA) is 61.4 Å². The van der Waals surface area contributed by atoms with Crippen LogP contribution in [-0.4, -0.2) is 38.0 Å². The van der Waals surface area contributed by atoms with Crippen LogP contribution in [0.2, 0.25) is 0 Å². The lowest BCUT2D eigenvalue weighted by molar-refractivity contribution is -0.126. The van der Waals surface area contributed by atoms with Crippen molar-refractivity contribution in [3.8, 4) is 0 Å². The third-order valence-corrected chi connectivity index (χ3v) is 3.71. The van der Waals surface area contributed by atoms with Crippen molar-refractivity contribution in [3.63, 3.8) is 0 Å². The van der Waals surface area contributed by atoms with Gasteiger partial charge in [-0.2, -0.15) is 0 Å². The maximum atomic E-state index is 13.7. The summed E-state index contributed by atoms with van der Waals surface area (Å²) in [6.45, 7) is 2.67. The standard InChI is InChI=1S/C15H20FN3O2/c1-10(17-2)8-18-15(21)11-7-14(20)19(9-11)13-6-4-3-5-12(13)16/h3-6,10-11,17H,7-9H2,1-2H3,(H,18,21). The van der Waals surface area contributed by atoms with Gasteiger partial charge in [-0.3, -0.25) is 9.59 Å². The van der Waals surface area contributed by atoms with Crippen LogP contribution in [-0.2, 0) is 9.59 Å². The number of likely N-dealkylation sites (N-methyl/N-ethyl adjacent to an activating group) is 1. The maximum Gasteiger partial charge on any atom is 0.227 e. The Morgan fingerprint density at radius 2 is 2.19 bits per heavy atom. The normalized spacial score (nSPS) is 19.7. The number of nitrogens with zero attached hydrogens (tertiary/aromatic N) is 1. The summed E-state index contributed by atoms with van der Waals surface area (Å²) in [5.41, 5.74) is 0.237. The Hall–Kier alpha value is -1.95. The van der Waals surface area contributed by atoms with Crippen LogP contribution in [0.3, 0.4) is 0 Å². The Bertz CT molecular complexity index is 535. The lowest BCUT2D eigenvalue weighted by Gasteiger charge is -2.18. The van der Waals surface area contributed by atoms with E-state index in [-0.39, 0.29) is 36.5 Å². The molecule has 1 heterocycles. The van der Waals surface area contributed by atoms with Gasteiger partial charge in [-0.25, -0.2) is 4.39 Å². The van der Waals surface area contributed by atoms with E-state index >= 15 is 0 Å². The molecule has 1 saturated heterocycles. The second-order valence-corrected chi connectivity index (χ2v) is 5.29. The van der Waals surface area contributed by atoms with Crippen molar-refractivity contribution in [2.75, 3.05) is 25.0 Å². The van der Waals surface area contributed by atoms with Crippen LogP contribution in [0.5, 0.6) is 0 Å². The highest BCUT2D eigenvalue weighted by Crippen LogP contribution is 2.27. The Balaban J connectivity index is 1.99. The first-order valence-corrected chi connectivity index (χ1v) is 7.02. The van der Waals surface area contributed by atoms with Gasteiger partial charge in [0, 0.05) is 25.6 Å². The number of hydrogen-bond donors (Lipinski definition) is 2. The first-order chi connectivity index (χ1) is 10.0. The molecule has 0 saturated carbocycles. The van der Waals surface area contributed by atoms with Crippen LogP contribution in [0.15, 0.2) is 24.3 Å². The van der Waals surface area contributed by atoms with Crippen LogP contribution >= 0.6 is 0 Å². The summed E-state index contributed by atoms with van der Waals surface area (Å²) >= 11 is 0. The molecule has 2 rings (SSSR count). The van der Waals surface area contributed by atoms with E-state index in [1.54, 1.807) is 18.2 Å². The van der Waals surface area contributed by atoms with E-state index in [9.17, 15) is 14.0 Å². The number of rotatable bonds is 5. The van der Waals surface area contributed by atoms with Gasteiger partial charge in [-0.15, -0.1) is 0 Å². The lowest BCUT2D eigenvalue weighted by atomic mass is 10.1. The van der Waals surface area contributed by atoms with Gasteiger partial charge in [-0.1, -0.05) is 12.1 Å². The highest BCUT2D eigenvalue weighted by Gasteiger charge is 2.35. The van der Waals surface area contributed by atoms with Gasteiger partial charge < -0.3 is 15.5 Å². The summed E-state index contributed by atoms with van der Waals surface area (Å²) in [4.78, 5) is 25.4. The Labute approximate surface area is 123 Å². The van der Waals surface area contributed by atoms with E-state index < -0.39 is 11.7 Å². The molecule has 2 N–H and O–H groups in total. The highest BCUT2D eigenvalue weighted by atomic mass is 19.1. The number of amides is 2. The average molecular weight is 293 g/mol. The number of para-hydroxylation sites is 1. The smallest absolute Gasteiger partial charge is 0.227 e. The van der Waals surface area contributed by atoms with Gasteiger partial charge in [0.1, 0.15) is 5.82 Å². The van der Waals surface area contributed by atoms with Crippen molar-refractivity contribution < 1.29 is 14.0 Å². The summed E-state index contributed by atoms with van der Waals surface area (Å²) < 4.78 is 13.7. The second kappa shape index (κ2) is 6.67. The van der Waals surface area contributed by atoms with Crippen LogP contribution < -0.4 is 15.5 Å². The van der Waals surface area contributed by atoms with Crippen LogP contribution in [0.4, 0.5) is 10.1 Å². The number of nitrogens with one attached hydrogen (secondary N) is 2. The van der Waals surface area contributed by atoms with E-state index in [0.29, 0.717) is 6.54 Å². The van der Waals surface area contributed by atoms with Crippen molar-refractivity contribution >= 4 is 17.5 Å². The second-order valence-electron chi connectivity index (χ2n) is 5.29.